The normalized spacial score (nSPS) is 14.2. The zero-order chi connectivity index (χ0) is 15.9. The largest absolute Gasteiger partial charge is 0.368 e. The lowest BCUT2D eigenvalue weighted by molar-refractivity contribution is 0.679. The Morgan fingerprint density at radius 2 is 2.00 bits per heavy atom. The summed E-state index contributed by atoms with van der Waals surface area (Å²) < 4.78 is 1.04. The van der Waals surface area contributed by atoms with Crippen LogP contribution in [-0.2, 0) is 0 Å². The van der Waals surface area contributed by atoms with Crippen molar-refractivity contribution in [2.24, 2.45) is 0 Å². The first-order valence-corrected chi connectivity index (χ1v) is 8.73. The van der Waals surface area contributed by atoms with Crippen LogP contribution >= 0.6 is 15.9 Å². The monoisotopic (exact) mass is 373 g/mol. The predicted octanol–water partition coefficient (Wildman–Crippen LogP) is 4.68. The second kappa shape index (κ2) is 8.06. The molecule has 1 aliphatic rings. The van der Waals surface area contributed by atoms with E-state index in [0.717, 1.165) is 28.9 Å². The number of nitrogens with zero attached hydrogens (tertiary/aromatic N) is 3. The van der Waals surface area contributed by atoms with Crippen molar-refractivity contribution >= 4 is 33.4 Å². The SMILES string of the molecule is Brc1ccc(Nc2nncc(NCCC3=CCCCC3)n2)cc1. The molecule has 0 amide bonds. The van der Waals surface area contributed by atoms with Gasteiger partial charge in [0.05, 0.1) is 6.20 Å². The molecule has 0 spiro atoms. The zero-order valence-corrected chi connectivity index (χ0v) is 14.5. The smallest absolute Gasteiger partial charge is 0.249 e. The van der Waals surface area contributed by atoms with Gasteiger partial charge in [-0.25, -0.2) is 0 Å². The molecule has 120 valence electrons. The molecule has 0 fully saturated rings. The summed E-state index contributed by atoms with van der Waals surface area (Å²) in [5, 5.41) is 14.5. The van der Waals surface area contributed by atoms with Gasteiger partial charge in [0.15, 0.2) is 5.82 Å². The van der Waals surface area contributed by atoms with Gasteiger partial charge >= 0.3 is 0 Å². The van der Waals surface area contributed by atoms with Gasteiger partial charge in [-0.3, -0.25) is 0 Å². The highest BCUT2D eigenvalue weighted by atomic mass is 79.9. The Morgan fingerprint density at radius 3 is 2.78 bits per heavy atom. The Morgan fingerprint density at radius 1 is 1.13 bits per heavy atom. The summed E-state index contributed by atoms with van der Waals surface area (Å²) in [4.78, 5) is 4.45. The first-order chi connectivity index (χ1) is 11.3. The average Bonchev–Trinajstić information content (AvgIpc) is 2.58. The number of nitrogens with one attached hydrogen (secondary N) is 2. The summed E-state index contributed by atoms with van der Waals surface area (Å²) >= 11 is 3.42. The molecule has 0 bridgehead atoms. The molecule has 0 atom stereocenters. The third-order valence-electron chi connectivity index (χ3n) is 3.80. The third-order valence-corrected chi connectivity index (χ3v) is 4.33. The van der Waals surface area contributed by atoms with Crippen LogP contribution in [0.15, 0.2) is 46.6 Å². The maximum atomic E-state index is 4.45. The minimum Gasteiger partial charge on any atom is -0.368 e. The zero-order valence-electron chi connectivity index (χ0n) is 12.9. The van der Waals surface area contributed by atoms with Gasteiger partial charge in [0.2, 0.25) is 5.95 Å². The minimum atomic E-state index is 0.495. The topological polar surface area (TPSA) is 62.7 Å². The van der Waals surface area contributed by atoms with Gasteiger partial charge < -0.3 is 10.6 Å². The molecule has 1 heterocycles. The molecule has 1 aliphatic carbocycles. The Hall–Kier alpha value is -1.95. The lowest BCUT2D eigenvalue weighted by atomic mass is 9.97. The maximum absolute atomic E-state index is 4.45. The van der Waals surface area contributed by atoms with E-state index in [9.17, 15) is 0 Å². The second-order valence-electron chi connectivity index (χ2n) is 5.58. The van der Waals surface area contributed by atoms with E-state index in [1.165, 1.54) is 25.7 Å². The first-order valence-electron chi connectivity index (χ1n) is 7.94. The molecule has 23 heavy (non-hydrogen) atoms. The van der Waals surface area contributed by atoms with Crippen LogP contribution in [0.25, 0.3) is 0 Å². The Balaban J connectivity index is 1.54. The molecular formula is C17H20BrN5. The van der Waals surface area contributed by atoms with E-state index in [-0.39, 0.29) is 0 Å². The molecule has 5 nitrogen and oxygen atoms in total. The van der Waals surface area contributed by atoms with Gasteiger partial charge in [0.1, 0.15) is 0 Å². The number of rotatable bonds is 6. The van der Waals surface area contributed by atoms with Crippen LogP contribution < -0.4 is 10.6 Å². The lowest BCUT2D eigenvalue weighted by Gasteiger charge is -2.13. The molecule has 2 aromatic rings. The molecule has 0 aliphatic heterocycles. The third kappa shape index (κ3) is 5.03. The summed E-state index contributed by atoms with van der Waals surface area (Å²) in [6.45, 7) is 0.877. The lowest BCUT2D eigenvalue weighted by Crippen LogP contribution is -2.08. The van der Waals surface area contributed by atoms with Crippen LogP contribution in [-0.4, -0.2) is 21.7 Å². The fraction of sp³-hybridized carbons (Fsp3) is 0.353. The summed E-state index contributed by atoms with van der Waals surface area (Å²) in [5.74, 6) is 1.24. The van der Waals surface area contributed by atoms with Crippen LogP contribution in [0.2, 0.25) is 0 Å². The van der Waals surface area contributed by atoms with Crippen molar-refractivity contribution in [1.82, 2.24) is 15.2 Å². The average molecular weight is 374 g/mol. The van der Waals surface area contributed by atoms with E-state index in [1.54, 1.807) is 11.8 Å². The quantitative estimate of drug-likeness (QED) is 0.719. The molecule has 0 saturated carbocycles. The highest BCUT2D eigenvalue weighted by Crippen LogP contribution is 2.20. The van der Waals surface area contributed by atoms with Gasteiger partial charge in [0, 0.05) is 16.7 Å². The number of benzene rings is 1. The van der Waals surface area contributed by atoms with Crippen LogP contribution in [0.1, 0.15) is 32.1 Å². The van der Waals surface area contributed by atoms with Crippen LogP contribution in [0.3, 0.4) is 0 Å². The Kier molecular flexibility index (Phi) is 5.58. The molecule has 0 saturated heterocycles. The molecule has 2 N–H and O–H groups in total. The van der Waals surface area contributed by atoms with Crippen molar-refractivity contribution in [2.45, 2.75) is 32.1 Å². The van der Waals surface area contributed by atoms with Gasteiger partial charge in [0.25, 0.3) is 0 Å². The summed E-state index contributed by atoms with van der Waals surface area (Å²) in [7, 11) is 0. The number of allylic oxidation sites excluding steroid dienone is 1. The van der Waals surface area contributed by atoms with Crippen molar-refractivity contribution in [1.29, 1.82) is 0 Å². The van der Waals surface area contributed by atoms with Crippen LogP contribution in [0, 0.1) is 0 Å². The van der Waals surface area contributed by atoms with E-state index in [1.807, 2.05) is 24.3 Å². The summed E-state index contributed by atoms with van der Waals surface area (Å²) in [6, 6.07) is 7.86. The van der Waals surface area contributed by atoms with E-state index in [2.05, 4.69) is 47.8 Å². The molecule has 0 unspecified atom stereocenters. The van der Waals surface area contributed by atoms with Crippen molar-refractivity contribution in [3.8, 4) is 0 Å². The Labute approximate surface area is 144 Å². The molecular weight excluding hydrogens is 354 g/mol. The van der Waals surface area contributed by atoms with E-state index in [4.69, 9.17) is 0 Å². The highest BCUT2D eigenvalue weighted by Gasteiger charge is 2.05. The van der Waals surface area contributed by atoms with E-state index >= 15 is 0 Å². The van der Waals surface area contributed by atoms with Crippen LogP contribution in [0.4, 0.5) is 17.5 Å². The fourth-order valence-electron chi connectivity index (χ4n) is 2.59. The van der Waals surface area contributed by atoms with Gasteiger partial charge in [-0.05, 0) is 56.4 Å². The van der Waals surface area contributed by atoms with E-state index in [0.29, 0.717) is 5.95 Å². The fourth-order valence-corrected chi connectivity index (χ4v) is 2.85. The van der Waals surface area contributed by atoms with Crippen molar-refractivity contribution in [3.05, 3.63) is 46.6 Å². The summed E-state index contributed by atoms with van der Waals surface area (Å²) in [6.07, 6.45) is 10.2. The number of anilines is 3. The number of halogens is 1. The Bertz CT molecular complexity index is 669. The van der Waals surface area contributed by atoms with Crippen molar-refractivity contribution in [2.75, 3.05) is 17.2 Å². The second-order valence-corrected chi connectivity index (χ2v) is 6.50. The summed E-state index contributed by atoms with van der Waals surface area (Å²) in [5.41, 5.74) is 2.48. The molecule has 0 radical (unpaired) electrons. The van der Waals surface area contributed by atoms with Gasteiger partial charge in [-0.2, -0.15) is 10.1 Å². The number of hydrogen-bond donors (Lipinski definition) is 2. The minimum absolute atomic E-state index is 0.495. The highest BCUT2D eigenvalue weighted by molar-refractivity contribution is 9.10. The molecule has 1 aromatic heterocycles. The number of hydrogen-bond acceptors (Lipinski definition) is 5. The number of aromatic nitrogens is 3. The van der Waals surface area contributed by atoms with Crippen molar-refractivity contribution in [3.63, 3.8) is 0 Å². The van der Waals surface area contributed by atoms with Crippen molar-refractivity contribution < 1.29 is 0 Å². The first kappa shape index (κ1) is 15.9. The van der Waals surface area contributed by atoms with E-state index < -0.39 is 0 Å². The molecule has 1 aromatic carbocycles. The molecule has 6 heteroatoms. The van der Waals surface area contributed by atoms with Crippen LogP contribution in [0.5, 0.6) is 0 Å². The predicted molar refractivity (Wildman–Crippen MR) is 96.9 cm³/mol. The molecule has 3 rings (SSSR count). The van der Waals surface area contributed by atoms with Gasteiger partial charge in [-0.1, -0.05) is 27.6 Å². The van der Waals surface area contributed by atoms with Gasteiger partial charge in [-0.15, -0.1) is 5.10 Å². The standard InChI is InChI=1S/C17H20BrN5/c18-14-6-8-15(9-7-14)21-17-22-16(12-20-23-17)19-11-10-13-4-2-1-3-5-13/h4,6-9,12H,1-3,5,10-11H2,(H2,19,21,22,23). The maximum Gasteiger partial charge on any atom is 0.249 e.